The number of thioether (sulfide) groups is 1. The van der Waals surface area contributed by atoms with Crippen molar-refractivity contribution in [2.75, 3.05) is 18.8 Å². The molecule has 0 aliphatic carbocycles. The van der Waals surface area contributed by atoms with Gasteiger partial charge in [0.15, 0.2) is 0 Å². The van der Waals surface area contributed by atoms with E-state index in [4.69, 9.17) is 5.73 Å². The molecule has 0 aromatic rings. The van der Waals surface area contributed by atoms with Crippen molar-refractivity contribution in [2.45, 2.75) is 24.6 Å². The third-order valence-electron chi connectivity index (χ3n) is 3.03. The van der Waals surface area contributed by atoms with Gasteiger partial charge in [0, 0.05) is 30.1 Å². The van der Waals surface area contributed by atoms with E-state index < -0.39 is 0 Å². The average Bonchev–Trinajstić information content (AvgIpc) is 2.54. The monoisotopic (exact) mass is 200 g/mol. The van der Waals surface area contributed by atoms with Gasteiger partial charge >= 0.3 is 0 Å². The standard InChI is InChI=1S/C9H16N2OS/c1-6-8-4-7(13-3-2-10)5-11(8)9(6)12/h6-8H,2-5,10H2,1H3. The Balaban J connectivity index is 1.84. The van der Waals surface area contributed by atoms with Crippen LogP contribution in [0.3, 0.4) is 0 Å². The molecule has 74 valence electrons. The maximum absolute atomic E-state index is 11.4. The van der Waals surface area contributed by atoms with Crippen LogP contribution < -0.4 is 5.73 Å². The number of rotatable bonds is 3. The number of hydrogen-bond donors (Lipinski definition) is 1. The van der Waals surface area contributed by atoms with E-state index in [0.29, 0.717) is 17.2 Å². The minimum atomic E-state index is 0.281. The Morgan fingerprint density at radius 2 is 2.46 bits per heavy atom. The van der Waals surface area contributed by atoms with Crippen molar-refractivity contribution in [2.24, 2.45) is 11.7 Å². The first-order valence-corrected chi connectivity index (χ1v) is 5.91. The summed E-state index contributed by atoms with van der Waals surface area (Å²) in [5.74, 6) is 1.65. The maximum Gasteiger partial charge on any atom is 0.227 e. The molecular weight excluding hydrogens is 184 g/mol. The van der Waals surface area contributed by atoms with Crippen LogP contribution in [0.15, 0.2) is 0 Å². The normalized spacial score (nSPS) is 37.5. The number of amides is 1. The molecule has 1 amide bonds. The topological polar surface area (TPSA) is 46.3 Å². The van der Waals surface area contributed by atoms with Gasteiger partial charge in [-0.3, -0.25) is 4.79 Å². The number of nitrogens with zero attached hydrogens (tertiary/aromatic N) is 1. The Hall–Kier alpha value is -0.220. The van der Waals surface area contributed by atoms with Crippen molar-refractivity contribution in [3.05, 3.63) is 0 Å². The molecule has 2 aliphatic heterocycles. The lowest BCUT2D eigenvalue weighted by molar-refractivity contribution is -0.150. The first-order chi connectivity index (χ1) is 6.24. The van der Waals surface area contributed by atoms with Gasteiger partial charge in [0.25, 0.3) is 0 Å². The predicted octanol–water partition coefficient (Wildman–Crippen LogP) is 0.297. The molecule has 0 spiro atoms. The van der Waals surface area contributed by atoms with E-state index in [0.717, 1.165) is 18.8 Å². The molecule has 2 heterocycles. The fraction of sp³-hybridized carbons (Fsp3) is 0.889. The Morgan fingerprint density at radius 3 is 3.08 bits per heavy atom. The molecule has 3 nitrogen and oxygen atoms in total. The van der Waals surface area contributed by atoms with Crippen LogP contribution >= 0.6 is 11.8 Å². The van der Waals surface area contributed by atoms with Crippen molar-refractivity contribution in [3.8, 4) is 0 Å². The van der Waals surface area contributed by atoms with Crippen LogP contribution in [-0.2, 0) is 4.79 Å². The molecule has 0 radical (unpaired) electrons. The van der Waals surface area contributed by atoms with E-state index in [1.54, 1.807) is 0 Å². The molecule has 2 rings (SSSR count). The van der Waals surface area contributed by atoms with Crippen LogP contribution in [0.5, 0.6) is 0 Å². The van der Waals surface area contributed by atoms with E-state index in [1.807, 2.05) is 23.6 Å². The lowest BCUT2D eigenvalue weighted by Gasteiger charge is -2.40. The SMILES string of the molecule is CC1C(=O)N2CC(SCCN)CC12. The molecule has 2 saturated heterocycles. The van der Waals surface area contributed by atoms with Gasteiger partial charge in [-0.1, -0.05) is 6.92 Å². The van der Waals surface area contributed by atoms with Gasteiger partial charge in [0.2, 0.25) is 5.91 Å². The Labute approximate surface area is 83.0 Å². The van der Waals surface area contributed by atoms with Gasteiger partial charge in [-0.2, -0.15) is 11.8 Å². The number of hydrogen-bond acceptors (Lipinski definition) is 3. The summed E-state index contributed by atoms with van der Waals surface area (Å²) in [6.07, 6.45) is 1.18. The summed E-state index contributed by atoms with van der Waals surface area (Å²) in [6, 6.07) is 0.544. The van der Waals surface area contributed by atoms with Gasteiger partial charge in [0.05, 0.1) is 5.92 Å². The van der Waals surface area contributed by atoms with Crippen LogP contribution in [0.25, 0.3) is 0 Å². The lowest BCUT2D eigenvalue weighted by Crippen LogP contribution is -2.55. The minimum Gasteiger partial charge on any atom is -0.337 e. The summed E-state index contributed by atoms with van der Waals surface area (Å²) in [7, 11) is 0. The summed E-state index contributed by atoms with van der Waals surface area (Å²) in [4.78, 5) is 13.4. The molecular formula is C9H16N2OS. The highest BCUT2D eigenvalue weighted by atomic mass is 32.2. The fourth-order valence-corrected chi connectivity index (χ4v) is 3.32. The van der Waals surface area contributed by atoms with E-state index >= 15 is 0 Å². The third-order valence-corrected chi connectivity index (χ3v) is 4.31. The molecule has 4 heteroatoms. The average molecular weight is 200 g/mol. The molecule has 13 heavy (non-hydrogen) atoms. The zero-order chi connectivity index (χ0) is 9.42. The summed E-state index contributed by atoms with van der Waals surface area (Å²) in [5, 5.41) is 0.641. The second kappa shape index (κ2) is 3.50. The largest absolute Gasteiger partial charge is 0.337 e. The zero-order valence-electron chi connectivity index (χ0n) is 7.90. The smallest absolute Gasteiger partial charge is 0.227 e. The van der Waals surface area contributed by atoms with Gasteiger partial charge in [-0.15, -0.1) is 0 Å². The summed E-state index contributed by atoms with van der Waals surface area (Å²) >= 11 is 1.92. The van der Waals surface area contributed by atoms with Crippen LogP contribution in [0, 0.1) is 5.92 Å². The quantitative estimate of drug-likeness (QED) is 0.666. The van der Waals surface area contributed by atoms with E-state index in [2.05, 4.69) is 0 Å². The van der Waals surface area contributed by atoms with Crippen LogP contribution in [0.4, 0.5) is 0 Å². The van der Waals surface area contributed by atoms with Crippen molar-refractivity contribution >= 4 is 17.7 Å². The molecule has 2 fully saturated rings. The van der Waals surface area contributed by atoms with Gasteiger partial charge in [-0.25, -0.2) is 0 Å². The first kappa shape index (κ1) is 9.34. The molecule has 0 saturated carbocycles. The molecule has 2 N–H and O–H groups in total. The van der Waals surface area contributed by atoms with E-state index in [9.17, 15) is 4.79 Å². The van der Waals surface area contributed by atoms with Crippen LogP contribution in [0.1, 0.15) is 13.3 Å². The van der Waals surface area contributed by atoms with Crippen molar-refractivity contribution in [1.29, 1.82) is 0 Å². The highest BCUT2D eigenvalue weighted by Crippen LogP contribution is 2.39. The van der Waals surface area contributed by atoms with Gasteiger partial charge < -0.3 is 10.6 Å². The number of β-lactam (4-membered cyclic amide) rings is 1. The Morgan fingerprint density at radius 1 is 1.69 bits per heavy atom. The van der Waals surface area contributed by atoms with Gasteiger partial charge in [-0.05, 0) is 6.42 Å². The summed E-state index contributed by atoms with van der Waals surface area (Å²) < 4.78 is 0. The fourth-order valence-electron chi connectivity index (χ4n) is 2.25. The first-order valence-electron chi connectivity index (χ1n) is 4.86. The van der Waals surface area contributed by atoms with E-state index in [-0.39, 0.29) is 5.92 Å². The van der Waals surface area contributed by atoms with Crippen molar-refractivity contribution in [3.63, 3.8) is 0 Å². The molecule has 0 aromatic carbocycles. The molecule has 0 aromatic heterocycles. The predicted molar refractivity (Wildman–Crippen MR) is 54.6 cm³/mol. The summed E-state index contributed by atoms with van der Waals surface area (Å²) in [6.45, 7) is 3.74. The Kier molecular flexibility index (Phi) is 2.51. The Bertz CT molecular complexity index is 222. The highest BCUT2D eigenvalue weighted by Gasteiger charge is 2.49. The second-order valence-electron chi connectivity index (χ2n) is 3.86. The van der Waals surface area contributed by atoms with E-state index in [1.165, 1.54) is 6.42 Å². The lowest BCUT2D eigenvalue weighted by atomic mass is 9.90. The summed E-state index contributed by atoms with van der Waals surface area (Å²) in [5.41, 5.74) is 5.44. The molecule has 0 bridgehead atoms. The second-order valence-corrected chi connectivity index (χ2v) is 5.27. The number of nitrogens with two attached hydrogens (primary N) is 1. The number of carbonyl (C=O) groups is 1. The molecule has 2 aliphatic rings. The van der Waals surface area contributed by atoms with Crippen LogP contribution in [0.2, 0.25) is 0 Å². The maximum atomic E-state index is 11.4. The van der Waals surface area contributed by atoms with Crippen molar-refractivity contribution in [1.82, 2.24) is 4.90 Å². The number of fused-ring (bicyclic) bond motifs is 1. The van der Waals surface area contributed by atoms with Gasteiger partial charge in [0.1, 0.15) is 0 Å². The van der Waals surface area contributed by atoms with Crippen molar-refractivity contribution < 1.29 is 4.79 Å². The number of carbonyl (C=O) groups excluding carboxylic acids is 1. The highest BCUT2D eigenvalue weighted by molar-refractivity contribution is 7.99. The zero-order valence-corrected chi connectivity index (χ0v) is 8.72. The molecule has 3 unspecified atom stereocenters. The third kappa shape index (κ3) is 1.46. The van der Waals surface area contributed by atoms with Crippen LogP contribution in [-0.4, -0.2) is 40.9 Å². The minimum absolute atomic E-state index is 0.281. The molecule has 3 atom stereocenters.